The lowest BCUT2D eigenvalue weighted by Gasteiger charge is -2.22. The minimum absolute atomic E-state index is 0.112. The molecule has 1 aromatic carbocycles. The van der Waals surface area contributed by atoms with Crippen molar-refractivity contribution >= 4 is 11.8 Å². The fourth-order valence-electron chi connectivity index (χ4n) is 3.34. The molecule has 2 aromatic heterocycles. The van der Waals surface area contributed by atoms with E-state index in [1.54, 1.807) is 35.5 Å². The minimum Gasteiger partial charge on any atom is -0.497 e. The summed E-state index contributed by atoms with van der Waals surface area (Å²) in [4.78, 5) is 20.7. The molecule has 1 aliphatic heterocycles. The largest absolute Gasteiger partial charge is 0.497 e. The van der Waals surface area contributed by atoms with Crippen LogP contribution in [0.3, 0.4) is 0 Å². The molecular weight excluding hydrogens is 358 g/mol. The van der Waals surface area contributed by atoms with Crippen LogP contribution < -0.4 is 9.64 Å². The van der Waals surface area contributed by atoms with Gasteiger partial charge in [0, 0.05) is 30.1 Å². The number of ether oxygens (including phenoxy) is 1. The lowest BCUT2D eigenvalue weighted by Crippen LogP contribution is -2.36. The third-order valence-electron chi connectivity index (χ3n) is 4.86. The zero-order chi connectivity index (χ0) is 19.5. The highest BCUT2D eigenvalue weighted by Gasteiger charge is 2.38. The van der Waals surface area contributed by atoms with Gasteiger partial charge >= 0.3 is 6.03 Å². The van der Waals surface area contributed by atoms with Crippen molar-refractivity contribution in [2.24, 2.45) is 0 Å². The van der Waals surface area contributed by atoms with Crippen LogP contribution in [-0.2, 0) is 6.54 Å². The zero-order valence-corrected chi connectivity index (χ0v) is 15.4. The summed E-state index contributed by atoms with van der Waals surface area (Å²) in [6.07, 6.45) is 5.22. The standard InChI is InChI=1S/C20H21N5O3/c1-28-18-4-2-3-14(7-18)11-24-17(13-26)12-25(20(24)27)19-6-5-15(8-21-19)16-9-22-23-10-16/h2-10,17,26H,11-13H2,1H3,(H,22,23)/t17-/m0/s1. The number of aliphatic hydroxyl groups excluding tert-OH is 1. The van der Waals surface area contributed by atoms with Gasteiger partial charge in [0.15, 0.2) is 0 Å². The molecule has 144 valence electrons. The van der Waals surface area contributed by atoms with E-state index in [0.717, 1.165) is 22.4 Å². The summed E-state index contributed by atoms with van der Waals surface area (Å²) in [5.41, 5.74) is 2.78. The molecule has 28 heavy (non-hydrogen) atoms. The van der Waals surface area contributed by atoms with E-state index in [-0.39, 0.29) is 18.7 Å². The molecule has 2 amide bonds. The molecule has 3 heterocycles. The fraction of sp³-hybridized carbons (Fsp3) is 0.250. The maximum Gasteiger partial charge on any atom is 0.326 e. The Bertz CT molecular complexity index is 943. The molecule has 1 fully saturated rings. The summed E-state index contributed by atoms with van der Waals surface area (Å²) in [5, 5.41) is 16.5. The van der Waals surface area contributed by atoms with Gasteiger partial charge in [-0.05, 0) is 29.8 Å². The van der Waals surface area contributed by atoms with E-state index < -0.39 is 0 Å². The molecule has 1 saturated heterocycles. The van der Waals surface area contributed by atoms with E-state index >= 15 is 0 Å². The van der Waals surface area contributed by atoms with Crippen LogP contribution in [0.5, 0.6) is 5.75 Å². The second-order valence-electron chi connectivity index (χ2n) is 6.60. The molecule has 0 unspecified atom stereocenters. The first kappa shape index (κ1) is 18.0. The molecular formula is C20H21N5O3. The van der Waals surface area contributed by atoms with Crippen LogP contribution in [0, 0.1) is 0 Å². The SMILES string of the molecule is COc1cccc(CN2C(=O)N(c3ccc(-c4cn[nH]c4)cn3)C[C@H]2CO)c1. The van der Waals surface area contributed by atoms with Gasteiger partial charge < -0.3 is 14.7 Å². The van der Waals surface area contributed by atoms with E-state index in [2.05, 4.69) is 15.2 Å². The Kier molecular flexibility index (Phi) is 4.94. The Morgan fingerprint density at radius 2 is 2.14 bits per heavy atom. The van der Waals surface area contributed by atoms with Crippen molar-refractivity contribution in [3.05, 3.63) is 60.6 Å². The first-order chi connectivity index (χ1) is 13.7. The van der Waals surface area contributed by atoms with Crippen LogP contribution >= 0.6 is 0 Å². The Morgan fingerprint density at radius 3 is 2.82 bits per heavy atom. The summed E-state index contributed by atoms with van der Waals surface area (Å²) >= 11 is 0. The number of urea groups is 1. The van der Waals surface area contributed by atoms with Crippen molar-refractivity contribution in [2.45, 2.75) is 12.6 Å². The number of benzene rings is 1. The molecule has 0 bridgehead atoms. The van der Waals surface area contributed by atoms with Gasteiger partial charge in [-0.1, -0.05) is 12.1 Å². The Balaban J connectivity index is 1.54. The summed E-state index contributed by atoms with van der Waals surface area (Å²) in [6.45, 7) is 0.668. The molecule has 1 atom stereocenters. The van der Waals surface area contributed by atoms with Gasteiger partial charge in [0.2, 0.25) is 0 Å². The van der Waals surface area contributed by atoms with Crippen LogP contribution in [0.2, 0.25) is 0 Å². The van der Waals surface area contributed by atoms with Crippen LogP contribution in [0.15, 0.2) is 55.0 Å². The van der Waals surface area contributed by atoms with Crippen molar-refractivity contribution in [3.8, 4) is 16.9 Å². The molecule has 8 nitrogen and oxygen atoms in total. The van der Waals surface area contributed by atoms with E-state index in [0.29, 0.717) is 18.9 Å². The molecule has 0 radical (unpaired) electrons. The molecule has 1 aliphatic rings. The van der Waals surface area contributed by atoms with Crippen molar-refractivity contribution in [2.75, 3.05) is 25.2 Å². The maximum absolute atomic E-state index is 13.0. The Morgan fingerprint density at radius 1 is 1.25 bits per heavy atom. The highest BCUT2D eigenvalue weighted by atomic mass is 16.5. The number of hydrogen-bond donors (Lipinski definition) is 2. The average molecular weight is 379 g/mol. The number of aliphatic hydroxyl groups is 1. The number of pyridine rings is 1. The summed E-state index contributed by atoms with van der Waals surface area (Å²) in [6, 6.07) is 10.8. The number of aromatic amines is 1. The normalized spacial score (nSPS) is 16.6. The summed E-state index contributed by atoms with van der Waals surface area (Å²) < 4.78 is 5.25. The first-order valence-corrected chi connectivity index (χ1v) is 8.96. The van der Waals surface area contributed by atoms with Gasteiger partial charge in [0.1, 0.15) is 11.6 Å². The van der Waals surface area contributed by atoms with E-state index in [1.165, 1.54) is 0 Å². The van der Waals surface area contributed by atoms with E-state index in [1.807, 2.05) is 36.4 Å². The Labute approximate surface area is 162 Å². The van der Waals surface area contributed by atoms with Crippen molar-refractivity contribution in [1.29, 1.82) is 0 Å². The maximum atomic E-state index is 13.0. The predicted octanol–water partition coefficient (Wildman–Crippen LogP) is 2.28. The second-order valence-corrected chi connectivity index (χ2v) is 6.60. The van der Waals surface area contributed by atoms with Crippen molar-refractivity contribution < 1.29 is 14.6 Å². The Hall–Kier alpha value is -3.39. The van der Waals surface area contributed by atoms with E-state index in [4.69, 9.17) is 4.74 Å². The highest BCUT2D eigenvalue weighted by Crippen LogP contribution is 2.26. The number of hydrogen-bond acceptors (Lipinski definition) is 5. The lowest BCUT2D eigenvalue weighted by atomic mass is 10.2. The lowest BCUT2D eigenvalue weighted by molar-refractivity contribution is 0.161. The molecule has 0 saturated carbocycles. The van der Waals surface area contributed by atoms with E-state index in [9.17, 15) is 9.90 Å². The predicted molar refractivity (Wildman–Crippen MR) is 104 cm³/mol. The van der Waals surface area contributed by atoms with Gasteiger partial charge in [-0.3, -0.25) is 10.00 Å². The third kappa shape index (κ3) is 3.41. The minimum atomic E-state index is -0.297. The highest BCUT2D eigenvalue weighted by molar-refractivity contribution is 5.93. The molecule has 3 aromatic rings. The number of H-pyrrole nitrogens is 1. The number of amides is 2. The average Bonchev–Trinajstić information content (AvgIpc) is 3.38. The smallest absolute Gasteiger partial charge is 0.326 e. The number of carbonyl (C=O) groups is 1. The molecule has 0 spiro atoms. The first-order valence-electron chi connectivity index (χ1n) is 8.96. The van der Waals surface area contributed by atoms with Gasteiger partial charge in [-0.15, -0.1) is 0 Å². The van der Waals surface area contributed by atoms with Crippen LogP contribution in [0.1, 0.15) is 5.56 Å². The molecule has 8 heteroatoms. The van der Waals surface area contributed by atoms with Crippen LogP contribution in [0.25, 0.3) is 11.1 Å². The third-order valence-corrected chi connectivity index (χ3v) is 4.86. The summed E-state index contributed by atoms with van der Waals surface area (Å²) in [7, 11) is 1.61. The molecule has 4 rings (SSSR count). The number of nitrogens with one attached hydrogen (secondary N) is 1. The molecule has 0 aliphatic carbocycles. The number of nitrogens with zero attached hydrogens (tertiary/aromatic N) is 4. The number of carbonyl (C=O) groups excluding carboxylic acids is 1. The summed E-state index contributed by atoms with van der Waals surface area (Å²) in [5.74, 6) is 1.29. The van der Waals surface area contributed by atoms with Crippen LogP contribution in [-0.4, -0.2) is 57.5 Å². The fourth-order valence-corrected chi connectivity index (χ4v) is 3.34. The van der Waals surface area contributed by atoms with Gasteiger partial charge in [-0.25, -0.2) is 9.78 Å². The number of methoxy groups -OCH3 is 1. The second kappa shape index (κ2) is 7.69. The van der Waals surface area contributed by atoms with Crippen LogP contribution in [0.4, 0.5) is 10.6 Å². The van der Waals surface area contributed by atoms with Gasteiger partial charge in [0.05, 0.1) is 32.5 Å². The van der Waals surface area contributed by atoms with Gasteiger partial charge in [0.25, 0.3) is 0 Å². The monoisotopic (exact) mass is 379 g/mol. The van der Waals surface area contributed by atoms with Crippen molar-refractivity contribution in [3.63, 3.8) is 0 Å². The molecule has 2 N–H and O–H groups in total. The zero-order valence-electron chi connectivity index (χ0n) is 15.4. The number of rotatable bonds is 6. The van der Waals surface area contributed by atoms with Crippen molar-refractivity contribution in [1.82, 2.24) is 20.1 Å². The topological polar surface area (TPSA) is 94.6 Å². The van der Waals surface area contributed by atoms with Gasteiger partial charge in [-0.2, -0.15) is 5.10 Å². The number of anilines is 1. The number of aromatic nitrogens is 3. The quantitative estimate of drug-likeness (QED) is 0.685.